The molecule has 0 heterocycles. The van der Waals surface area contributed by atoms with Gasteiger partial charge in [-0.3, -0.25) is 0 Å². The minimum Gasteiger partial charge on any atom is -0.460 e. The van der Waals surface area contributed by atoms with Crippen LogP contribution in [0.25, 0.3) is 0 Å². The van der Waals surface area contributed by atoms with Crippen LogP contribution in [0.15, 0.2) is 12.7 Å². The number of carbonyl (C=O) groups is 1. The predicted molar refractivity (Wildman–Crippen MR) is 58.6 cm³/mol. The van der Waals surface area contributed by atoms with Crippen LogP contribution in [0.1, 0.15) is 32.1 Å². The van der Waals surface area contributed by atoms with Gasteiger partial charge in [0, 0.05) is 12.7 Å². The van der Waals surface area contributed by atoms with E-state index in [1.54, 1.807) is 0 Å². The summed E-state index contributed by atoms with van der Waals surface area (Å²) in [6.45, 7) is 4.96. The maximum atomic E-state index is 10.7. The molecular weight excluding hydrogens is 192 g/mol. The van der Waals surface area contributed by atoms with Crippen molar-refractivity contribution in [3.8, 4) is 0 Å². The molecule has 0 aromatic carbocycles. The van der Waals surface area contributed by atoms with Crippen LogP contribution in [0.4, 0.5) is 0 Å². The maximum absolute atomic E-state index is 10.7. The molecule has 15 heavy (non-hydrogen) atoms. The van der Waals surface area contributed by atoms with Crippen LogP contribution in [0.3, 0.4) is 0 Å². The van der Waals surface area contributed by atoms with Crippen LogP contribution < -0.4 is 0 Å². The predicted octanol–water partition coefficient (Wildman–Crippen LogP) is 2.31. The van der Waals surface area contributed by atoms with Crippen LogP contribution in [0, 0.1) is 5.92 Å². The van der Waals surface area contributed by atoms with Crippen molar-refractivity contribution in [2.24, 2.45) is 5.92 Å². The summed E-state index contributed by atoms with van der Waals surface area (Å²) in [5, 5.41) is 0. The molecule has 86 valence electrons. The molecule has 0 aromatic rings. The van der Waals surface area contributed by atoms with Crippen molar-refractivity contribution in [3.05, 3.63) is 12.7 Å². The van der Waals surface area contributed by atoms with Crippen molar-refractivity contribution in [1.82, 2.24) is 0 Å². The van der Waals surface area contributed by atoms with Crippen molar-refractivity contribution in [3.63, 3.8) is 0 Å². The molecule has 3 nitrogen and oxygen atoms in total. The summed E-state index contributed by atoms with van der Waals surface area (Å²) in [5.74, 6) is 0.338. The third-order valence-electron chi connectivity index (χ3n) is 2.72. The third-order valence-corrected chi connectivity index (χ3v) is 2.72. The molecule has 1 saturated carbocycles. The number of carbonyl (C=O) groups excluding carboxylic acids is 1. The summed E-state index contributed by atoms with van der Waals surface area (Å²) in [5.41, 5.74) is 0. The zero-order valence-electron chi connectivity index (χ0n) is 9.24. The Balaban J connectivity index is 1.91. The van der Waals surface area contributed by atoms with E-state index in [9.17, 15) is 4.79 Å². The Hall–Kier alpha value is -0.830. The van der Waals surface area contributed by atoms with E-state index in [0.29, 0.717) is 19.1 Å². The summed E-state index contributed by atoms with van der Waals surface area (Å²) in [6.07, 6.45) is 7.77. The fraction of sp³-hybridized carbons (Fsp3) is 0.750. The minimum atomic E-state index is -0.378. The molecule has 0 atom stereocenters. The highest BCUT2D eigenvalue weighted by Gasteiger charge is 2.12. The molecule has 0 radical (unpaired) electrons. The molecule has 0 amide bonds. The van der Waals surface area contributed by atoms with Gasteiger partial charge in [0.1, 0.15) is 6.61 Å². The fourth-order valence-corrected chi connectivity index (χ4v) is 1.86. The van der Waals surface area contributed by atoms with E-state index in [1.165, 1.54) is 38.2 Å². The molecule has 0 N–H and O–H groups in total. The Morgan fingerprint density at radius 2 is 2.00 bits per heavy atom. The first-order valence-electron chi connectivity index (χ1n) is 5.70. The largest absolute Gasteiger partial charge is 0.460 e. The molecule has 0 aliphatic heterocycles. The summed E-state index contributed by atoms with van der Waals surface area (Å²) in [6, 6.07) is 0. The molecule has 0 aromatic heterocycles. The van der Waals surface area contributed by atoms with Gasteiger partial charge in [0.05, 0.1) is 6.61 Å². The summed E-state index contributed by atoms with van der Waals surface area (Å²) >= 11 is 0. The highest BCUT2D eigenvalue weighted by Crippen LogP contribution is 2.23. The molecular formula is C12H20O3. The van der Waals surface area contributed by atoms with Gasteiger partial charge in [0.25, 0.3) is 0 Å². The highest BCUT2D eigenvalue weighted by atomic mass is 16.6. The van der Waals surface area contributed by atoms with Gasteiger partial charge >= 0.3 is 5.97 Å². The lowest BCUT2D eigenvalue weighted by Gasteiger charge is -2.21. The normalized spacial score (nSPS) is 17.3. The van der Waals surface area contributed by atoms with E-state index in [2.05, 4.69) is 6.58 Å². The summed E-state index contributed by atoms with van der Waals surface area (Å²) in [7, 11) is 0. The molecule has 0 unspecified atom stereocenters. The van der Waals surface area contributed by atoms with Crippen molar-refractivity contribution in [2.75, 3.05) is 19.8 Å². The van der Waals surface area contributed by atoms with E-state index >= 15 is 0 Å². The van der Waals surface area contributed by atoms with E-state index in [0.717, 1.165) is 6.61 Å². The van der Waals surface area contributed by atoms with Crippen LogP contribution in [-0.4, -0.2) is 25.8 Å². The number of ether oxygens (including phenoxy) is 2. The lowest BCUT2D eigenvalue weighted by molar-refractivity contribution is -0.139. The smallest absolute Gasteiger partial charge is 0.330 e. The van der Waals surface area contributed by atoms with Gasteiger partial charge in [-0.15, -0.1) is 0 Å². The Labute approximate surface area is 91.4 Å². The van der Waals surface area contributed by atoms with Crippen LogP contribution in [0.2, 0.25) is 0 Å². The van der Waals surface area contributed by atoms with Crippen molar-refractivity contribution in [2.45, 2.75) is 32.1 Å². The van der Waals surface area contributed by atoms with Crippen LogP contribution >= 0.6 is 0 Å². The van der Waals surface area contributed by atoms with Gasteiger partial charge in [-0.1, -0.05) is 25.8 Å². The van der Waals surface area contributed by atoms with Crippen molar-refractivity contribution >= 4 is 5.97 Å². The molecule has 0 saturated heterocycles. The number of esters is 1. The van der Waals surface area contributed by atoms with Gasteiger partial charge in [-0.2, -0.15) is 0 Å². The summed E-state index contributed by atoms with van der Waals surface area (Å²) in [4.78, 5) is 10.7. The van der Waals surface area contributed by atoms with Crippen molar-refractivity contribution in [1.29, 1.82) is 0 Å². The molecule has 1 fully saturated rings. The van der Waals surface area contributed by atoms with E-state index in [4.69, 9.17) is 9.47 Å². The molecule has 1 rings (SSSR count). The number of hydrogen-bond acceptors (Lipinski definition) is 3. The SMILES string of the molecule is C=CC(=O)OCCOCC1CCCCC1. The zero-order chi connectivity index (χ0) is 10.9. The molecule has 1 aliphatic rings. The average molecular weight is 212 g/mol. The monoisotopic (exact) mass is 212 g/mol. The second-order valence-electron chi connectivity index (χ2n) is 3.95. The lowest BCUT2D eigenvalue weighted by atomic mass is 9.90. The average Bonchev–Trinajstić information content (AvgIpc) is 2.29. The van der Waals surface area contributed by atoms with Gasteiger partial charge in [0.15, 0.2) is 0 Å². The number of hydrogen-bond donors (Lipinski definition) is 0. The first-order valence-corrected chi connectivity index (χ1v) is 5.70. The van der Waals surface area contributed by atoms with Gasteiger partial charge in [-0.05, 0) is 18.8 Å². The second-order valence-corrected chi connectivity index (χ2v) is 3.95. The molecule has 1 aliphatic carbocycles. The number of rotatable bonds is 6. The minimum absolute atomic E-state index is 0.331. The van der Waals surface area contributed by atoms with Crippen molar-refractivity contribution < 1.29 is 14.3 Å². The fourth-order valence-electron chi connectivity index (χ4n) is 1.86. The third kappa shape index (κ3) is 5.57. The highest BCUT2D eigenvalue weighted by molar-refractivity contribution is 5.81. The standard InChI is InChI=1S/C12H20O3/c1-2-12(13)15-9-8-14-10-11-6-4-3-5-7-11/h2,11H,1,3-10H2. The van der Waals surface area contributed by atoms with Gasteiger partial charge < -0.3 is 9.47 Å². The zero-order valence-corrected chi connectivity index (χ0v) is 9.24. The van der Waals surface area contributed by atoms with E-state index in [-0.39, 0.29) is 5.97 Å². The van der Waals surface area contributed by atoms with Gasteiger partial charge in [-0.25, -0.2) is 4.79 Å². The van der Waals surface area contributed by atoms with Gasteiger partial charge in [0.2, 0.25) is 0 Å². The topological polar surface area (TPSA) is 35.5 Å². The second kappa shape index (κ2) is 7.46. The molecule has 0 bridgehead atoms. The van der Waals surface area contributed by atoms with Crippen LogP contribution in [-0.2, 0) is 14.3 Å². The summed E-state index contributed by atoms with van der Waals surface area (Å²) < 4.78 is 10.3. The maximum Gasteiger partial charge on any atom is 0.330 e. The Bertz CT molecular complexity index is 195. The quantitative estimate of drug-likeness (QED) is 0.385. The Kier molecular flexibility index (Phi) is 6.09. The Morgan fingerprint density at radius 3 is 2.67 bits per heavy atom. The van der Waals surface area contributed by atoms with Crippen LogP contribution in [0.5, 0.6) is 0 Å². The first-order chi connectivity index (χ1) is 7.33. The Morgan fingerprint density at radius 1 is 1.27 bits per heavy atom. The first kappa shape index (κ1) is 12.2. The molecule has 3 heteroatoms. The van der Waals surface area contributed by atoms with E-state index < -0.39 is 0 Å². The molecule has 0 spiro atoms. The van der Waals surface area contributed by atoms with E-state index in [1.807, 2.05) is 0 Å². The lowest BCUT2D eigenvalue weighted by Crippen LogP contribution is -2.16.